The van der Waals surface area contributed by atoms with Crippen LogP contribution in [0.4, 0.5) is 10.8 Å². The van der Waals surface area contributed by atoms with Gasteiger partial charge in [0.05, 0.1) is 11.4 Å². The molecule has 0 aliphatic heterocycles. The summed E-state index contributed by atoms with van der Waals surface area (Å²) in [7, 11) is 0. The SMILES string of the molecule is N=c1sc(N=Nc2ccc(Cl)cc2)nn1-c1ccc(Cl)cc1. The summed E-state index contributed by atoms with van der Waals surface area (Å²) in [6.45, 7) is 0. The molecule has 0 aliphatic rings. The lowest BCUT2D eigenvalue weighted by atomic mass is 10.3. The van der Waals surface area contributed by atoms with E-state index in [1.807, 2.05) is 0 Å². The Hall–Kier alpha value is -2.02. The third-order valence-electron chi connectivity index (χ3n) is 2.71. The van der Waals surface area contributed by atoms with Crippen LogP contribution in [0, 0.1) is 5.41 Å². The van der Waals surface area contributed by atoms with E-state index in [-0.39, 0.29) is 4.80 Å². The van der Waals surface area contributed by atoms with Crippen LogP contribution in [0.5, 0.6) is 0 Å². The molecule has 5 nitrogen and oxygen atoms in total. The van der Waals surface area contributed by atoms with Gasteiger partial charge < -0.3 is 0 Å². The first-order valence-electron chi connectivity index (χ1n) is 6.20. The topological polar surface area (TPSA) is 66.4 Å². The van der Waals surface area contributed by atoms with Gasteiger partial charge in [0.25, 0.3) is 5.13 Å². The zero-order valence-corrected chi connectivity index (χ0v) is 13.4. The number of azo groups is 1. The van der Waals surface area contributed by atoms with Gasteiger partial charge in [-0.05, 0) is 48.5 Å². The molecule has 2 aromatic carbocycles. The second kappa shape index (κ2) is 6.39. The molecule has 1 heterocycles. The predicted molar refractivity (Wildman–Crippen MR) is 87.9 cm³/mol. The highest BCUT2D eigenvalue weighted by Gasteiger charge is 2.05. The van der Waals surface area contributed by atoms with Gasteiger partial charge >= 0.3 is 0 Å². The van der Waals surface area contributed by atoms with Gasteiger partial charge in [-0.3, -0.25) is 5.41 Å². The molecular formula is C14H9Cl2N5S. The van der Waals surface area contributed by atoms with Gasteiger partial charge in [0.2, 0.25) is 4.80 Å². The molecule has 8 heteroatoms. The van der Waals surface area contributed by atoms with Crippen molar-refractivity contribution in [2.75, 3.05) is 0 Å². The first-order valence-corrected chi connectivity index (χ1v) is 7.77. The van der Waals surface area contributed by atoms with Crippen molar-refractivity contribution >= 4 is 45.4 Å². The van der Waals surface area contributed by atoms with Gasteiger partial charge in [-0.25, -0.2) is 4.68 Å². The molecule has 0 spiro atoms. The minimum Gasteiger partial charge on any atom is -0.273 e. The Bertz CT molecular complexity index is 865. The number of nitrogens with one attached hydrogen (secondary N) is 1. The highest BCUT2D eigenvalue weighted by Crippen LogP contribution is 2.21. The summed E-state index contributed by atoms with van der Waals surface area (Å²) in [6, 6.07) is 14.1. The lowest BCUT2D eigenvalue weighted by Crippen LogP contribution is -2.11. The lowest BCUT2D eigenvalue weighted by Gasteiger charge is -1.99. The highest BCUT2D eigenvalue weighted by atomic mass is 35.5. The Kier molecular flexibility index (Phi) is 4.33. The largest absolute Gasteiger partial charge is 0.273 e. The van der Waals surface area contributed by atoms with E-state index in [1.54, 1.807) is 48.5 Å². The van der Waals surface area contributed by atoms with Gasteiger partial charge in [-0.2, -0.15) is 0 Å². The zero-order chi connectivity index (χ0) is 15.5. The molecule has 110 valence electrons. The predicted octanol–water partition coefficient (Wildman–Crippen LogP) is 5.14. The van der Waals surface area contributed by atoms with Crippen molar-refractivity contribution in [3.05, 3.63) is 63.4 Å². The molecule has 0 saturated carbocycles. The van der Waals surface area contributed by atoms with Crippen molar-refractivity contribution in [1.29, 1.82) is 5.41 Å². The lowest BCUT2D eigenvalue weighted by molar-refractivity contribution is 0.819. The molecule has 0 atom stereocenters. The minimum atomic E-state index is 0.257. The summed E-state index contributed by atoms with van der Waals surface area (Å²) in [5, 5.41) is 22.0. The number of rotatable bonds is 3. The molecule has 1 aromatic heterocycles. The molecule has 0 amide bonds. The van der Waals surface area contributed by atoms with Crippen LogP contribution in [0.3, 0.4) is 0 Å². The molecule has 22 heavy (non-hydrogen) atoms. The van der Waals surface area contributed by atoms with E-state index >= 15 is 0 Å². The molecular weight excluding hydrogens is 341 g/mol. The van der Waals surface area contributed by atoms with Crippen molar-refractivity contribution in [3.8, 4) is 5.69 Å². The number of nitrogens with zero attached hydrogens (tertiary/aromatic N) is 4. The maximum absolute atomic E-state index is 7.96. The molecule has 0 unspecified atom stereocenters. The van der Waals surface area contributed by atoms with Crippen LogP contribution >= 0.6 is 34.5 Å². The zero-order valence-electron chi connectivity index (χ0n) is 11.1. The van der Waals surface area contributed by atoms with Crippen LogP contribution in [-0.4, -0.2) is 9.78 Å². The molecule has 0 saturated heterocycles. The fraction of sp³-hybridized carbons (Fsp3) is 0. The minimum absolute atomic E-state index is 0.257. The summed E-state index contributed by atoms with van der Waals surface area (Å²) < 4.78 is 1.48. The summed E-state index contributed by atoms with van der Waals surface area (Å²) >= 11 is 12.8. The number of halogens is 2. The Morgan fingerprint density at radius 3 is 2.14 bits per heavy atom. The first kappa shape index (κ1) is 14.9. The smallest absolute Gasteiger partial charge is 0.251 e. The monoisotopic (exact) mass is 349 g/mol. The van der Waals surface area contributed by atoms with Crippen molar-refractivity contribution in [2.24, 2.45) is 10.2 Å². The molecule has 3 aromatic rings. The van der Waals surface area contributed by atoms with E-state index in [2.05, 4.69) is 15.3 Å². The summed E-state index contributed by atoms with van der Waals surface area (Å²) in [5.41, 5.74) is 1.42. The van der Waals surface area contributed by atoms with E-state index in [0.29, 0.717) is 20.9 Å². The first-order chi connectivity index (χ1) is 10.6. The van der Waals surface area contributed by atoms with Crippen molar-refractivity contribution in [1.82, 2.24) is 9.78 Å². The number of aromatic nitrogens is 2. The third-order valence-corrected chi connectivity index (χ3v) is 3.93. The van der Waals surface area contributed by atoms with Gasteiger partial charge in [-0.1, -0.05) is 34.5 Å². The Balaban J connectivity index is 1.87. The van der Waals surface area contributed by atoms with Crippen molar-refractivity contribution in [2.45, 2.75) is 0 Å². The quantitative estimate of drug-likeness (QED) is 0.654. The summed E-state index contributed by atoms with van der Waals surface area (Å²) in [6.07, 6.45) is 0. The second-order valence-corrected chi connectivity index (χ2v) is 6.08. The standard InChI is InChI=1S/C14H9Cl2N5S/c15-9-1-5-11(6-2-9)18-19-14-20-21(13(17)22-14)12-7-3-10(16)4-8-12/h1-8,17H. The normalized spacial score (nSPS) is 11.2. The molecule has 0 bridgehead atoms. The van der Waals surface area contributed by atoms with Gasteiger partial charge in [0, 0.05) is 10.0 Å². The molecule has 0 radical (unpaired) electrons. The maximum Gasteiger partial charge on any atom is 0.251 e. The van der Waals surface area contributed by atoms with E-state index in [0.717, 1.165) is 17.0 Å². The Labute approximate surface area is 140 Å². The summed E-state index contributed by atoms with van der Waals surface area (Å²) in [5.74, 6) is 0. The molecule has 0 aliphatic carbocycles. The fourth-order valence-electron chi connectivity index (χ4n) is 1.69. The van der Waals surface area contributed by atoms with E-state index in [4.69, 9.17) is 28.6 Å². The molecule has 0 fully saturated rings. The van der Waals surface area contributed by atoms with Crippen molar-refractivity contribution in [3.63, 3.8) is 0 Å². The highest BCUT2D eigenvalue weighted by molar-refractivity contribution is 7.12. The van der Waals surface area contributed by atoms with Crippen LogP contribution in [-0.2, 0) is 0 Å². The number of hydrogen-bond donors (Lipinski definition) is 1. The second-order valence-electron chi connectivity index (χ2n) is 4.25. The van der Waals surface area contributed by atoms with Crippen LogP contribution in [0.15, 0.2) is 58.8 Å². The van der Waals surface area contributed by atoms with Crippen LogP contribution < -0.4 is 4.80 Å². The van der Waals surface area contributed by atoms with Crippen LogP contribution in [0.25, 0.3) is 5.69 Å². The van der Waals surface area contributed by atoms with E-state index in [1.165, 1.54) is 4.68 Å². The molecule has 3 rings (SSSR count). The molecule has 1 N–H and O–H groups in total. The van der Waals surface area contributed by atoms with Gasteiger partial charge in [-0.15, -0.1) is 15.3 Å². The Morgan fingerprint density at radius 2 is 1.50 bits per heavy atom. The Morgan fingerprint density at radius 1 is 0.909 bits per heavy atom. The fourth-order valence-corrected chi connectivity index (χ4v) is 2.55. The number of benzene rings is 2. The van der Waals surface area contributed by atoms with E-state index in [9.17, 15) is 0 Å². The maximum atomic E-state index is 7.96. The van der Waals surface area contributed by atoms with E-state index < -0.39 is 0 Å². The van der Waals surface area contributed by atoms with Crippen molar-refractivity contribution < 1.29 is 0 Å². The summed E-state index contributed by atoms with van der Waals surface area (Å²) in [4.78, 5) is 0.257. The van der Waals surface area contributed by atoms with Gasteiger partial charge in [0.1, 0.15) is 0 Å². The number of hydrogen-bond acceptors (Lipinski definition) is 5. The average molecular weight is 350 g/mol. The third kappa shape index (κ3) is 3.41. The average Bonchev–Trinajstić information content (AvgIpc) is 2.89. The van der Waals surface area contributed by atoms with Crippen LogP contribution in [0.2, 0.25) is 10.0 Å². The van der Waals surface area contributed by atoms with Gasteiger partial charge in [0.15, 0.2) is 0 Å². The van der Waals surface area contributed by atoms with Crippen LogP contribution in [0.1, 0.15) is 0 Å².